The largest absolute Gasteiger partial charge is 0.248 e. The van der Waals surface area contributed by atoms with E-state index in [1.807, 2.05) is 0 Å². The Morgan fingerprint density at radius 3 is 1.38 bits per heavy atom. The van der Waals surface area contributed by atoms with Gasteiger partial charge in [0.25, 0.3) is 0 Å². The van der Waals surface area contributed by atoms with E-state index in [-0.39, 0.29) is 0 Å². The number of aliphatic imine (C=N–C) groups is 1. The van der Waals surface area contributed by atoms with Gasteiger partial charge < -0.3 is 0 Å². The first-order valence-corrected chi connectivity index (χ1v) is 10.2. The Labute approximate surface area is 174 Å². The summed E-state index contributed by atoms with van der Waals surface area (Å²) in [4.78, 5) is 5.21. The minimum atomic E-state index is 1.09. The Morgan fingerprint density at radius 2 is 0.966 bits per heavy atom. The lowest BCUT2D eigenvalue weighted by Gasteiger charge is -2.11. The van der Waals surface area contributed by atoms with E-state index in [1.165, 1.54) is 50.1 Å². The van der Waals surface area contributed by atoms with Gasteiger partial charge in [-0.1, -0.05) is 78.4 Å². The zero-order valence-electron chi connectivity index (χ0n) is 17.9. The number of aryl methyl sites for hydroxylation is 3. The molecule has 1 aliphatic carbocycles. The summed E-state index contributed by atoms with van der Waals surface area (Å²) in [6, 6.07) is 25.8. The average molecular weight is 378 g/mol. The molecule has 0 bridgehead atoms. The van der Waals surface area contributed by atoms with Crippen LogP contribution in [0.1, 0.15) is 41.7 Å². The number of hydrogen-bond acceptors (Lipinski definition) is 1. The van der Waals surface area contributed by atoms with Gasteiger partial charge in [0.15, 0.2) is 0 Å². The normalized spacial score (nSPS) is 14.0. The lowest BCUT2D eigenvalue weighted by Crippen LogP contribution is -1.99. The number of nitrogens with zero attached hydrogens (tertiary/aromatic N) is 1. The standard InChI is InChI=1S/C28H27N/c1-18-16-19(2)27(20(3)17-18)29-28-21(4)25(23-12-8-6-9-13-23)26(22(28)5)24-14-10-7-11-15-24/h6-17H,1-5H3. The molecule has 4 rings (SSSR count). The Bertz CT molecular complexity index is 1070. The molecule has 1 nitrogen and oxygen atoms in total. The van der Waals surface area contributed by atoms with Gasteiger partial charge in [0.1, 0.15) is 0 Å². The molecule has 0 fully saturated rings. The van der Waals surface area contributed by atoms with E-state index < -0.39 is 0 Å². The maximum Gasteiger partial charge on any atom is 0.0708 e. The van der Waals surface area contributed by atoms with Crippen LogP contribution in [0.4, 0.5) is 5.69 Å². The fraction of sp³-hybridized carbons (Fsp3) is 0.179. The van der Waals surface area contributed by atoms with Crippen LogP contribution in [0.3, 0.4) is 0 Å². The highest BCUT2D eigenvalue weighted by atomic mass is 14.8. The highest BCUT2D eigenvalue weighted by molar-refractivity contribution is 6.33. The summed E-state index contributed by atoms with van der Waals surface area (Å²) in [5, 5.41) is 0. The number of hydrogen-bond donors (Lipinski definition) is 0. The summed E-state index contributed by atoms with van der Waals surface area (Å²) in [6.45, 7) is 10.9. The predicted molar refractivity (Wildman–Crippen MR) is 126 cm³/mol. The van der Waals surface area contributed by atoms with Crippen molar-refractivity contribution in [1.29, 1.82) is 0 Å². The molecule has 3 aromatic carbocycles. The van der Waals surface area contributed by atoms with Crippen LogP contribution >= 0.6 is 0 Å². The molecule has 0 N–H and O–H groups in total. The number of allylic oxidation sites excluding steroid dienone is 4. The maximum absolute atomic E-state index is 5.21. The zero-order valence-corrected chi connectivity index (χ0v) is 17.9. The summed E-state index contributed by atoms with van der Waals surface area (Å²) < 4.78 is 0. The van der Waals surface area contributed by atoms with Gasteiger partial charge in [0, 0.05) is 0 Å². The molecule has 144 valence electrons. The van der Waals surface area contributed by atoms with Crippen molar-refractivity contribution < 1.29 is 0 Å². The van der Waals surface area contributed by atoms with Crippen LogP contribution < -0.4 is 0 Å². The maximum atomic E-state index is 5.21. The monoisotopic (exact) mass is 377 g/mol. The van der Waals surface area contributed by atoms with Crippen molar-refractivity contribution in [3.05, 3.63) is 112 Å². The first kappa shape index (κ1) is 19.1. The van der Waals surface area contributed by atoms with Crippen LogP contribution in [0, 0.1) is 20.8 Å². The van der Waals surface area contributed by atoms with E-state index in [2.05, 4.69) is 107 Å². The quantitative estimate of drug-likeness (QED) is 0.444. The van der Waals surface area contributed by atoms with Gasteiger partial charge in [-0.3, -0.25) is 0 Å². The van der Waals surface area contributed by atoms with Crippen LogP contribution in [-0.2, 0) is 0 Å². The second-order valence-electron chi connectivity index (χ2n) is 7.94. The molecule has 1 heteroatoms. The number of rotatable bonds is 3. The summed E-state index contributed by atoms with van der Waals surface area (Å²) in [5.74, 6) is 0. The third kappa shape index (κ3) is 3.49. The molecule has 0 saturated carbocycles. The molecule has 0 aromatic heterocycles. The highest BCUT2D eigenvalue weighted by Crippen LogP contribution is 2.44. The molecule has 0 amide bonds. The van der Waals surface area contributed by atoms with Gasteiger partial charge >= 0.3 is 0 Å². The number of benzene rings is 3. The van der Waals surface area contributed by atoms with Gasteiger partial charge in [-0.2, -0.15) is 0 Å². The van der Waals surface area contributed by atoms with Crippen LogP contribution in [0.5, 0.6) is 0 Å². The van der Waals surface area contributed by atoms with Gasteiger partial charge in [-0.15, -0.1) is 0 Å². The van der Waals surface area contributed by atoms with Gasteiger partial charge in [0.2, 0.25) is 0 Å². The van der Waals surface area contributed by atoms with Crippen LogP contribution in [-0.4, -0.2) is 5.71 Å². The molecule has 0 unspecified atom stereocenters. The molecular formula is C28H27N. The van der Waals surface area contributed by atoms with Crippen LogP contribution in [0.15, 0.2) is 88.9 Å². The summed E-state index contributed by atoms with van der Waals surface area (Å²) in [6.07, 6.45) is 0. The Hall–Kier alpha value is -3.19. The molecule has 0 atom stereocenters. The minimum Gasteiger partial charge on any atom is -0.248 e. The van der Waals surface area contributed by atoms with Crippen molar-refractivity contribution in [2.75, 3.05) is 0 Å². The molecule has 29 heavy (non-hydrogen) atoms. The van der Waals surface area contributed by atoms with Crippen molar-refractivity contribution in [3.63, 3.8) is 0 Å². The molecule has 3 aromatic rings. The van der Waals surface area contributed by atoms with Crippen molar-refractivity contribution >= 4 is 22.5 Å². The fourth-order valence-electron chi connectivity index (χ4n) is 4.45. The Kier molecular flexibility index (Phi) is 5.07. The topological polar surface area (TPSA) is 12.4 Å². The van der Waals surface area contributed by atoms with Crippen molar-refractivity contribution in [3.8, 4) is 0 Å². The van der Waals surface area contributed by atoms with E-state index in [0.29, 0.717) is 0 Å². The van der Waals surface area contributed by atoms with Crippen molar-refractivity contribution in [1.82, 2.24) is 0 Å². The SMILES string of the molecule is CC1=C(c2ccccc2)C(c2ccccc2)=C(C)C1=Nc1c(C)cc(C)cc1C. The summed E-state index contributed by atoms with van der Waals surface area (Å²) in [5.41, 5.74) is 13.5. The summed E-state index contributed by atoms with van der Waals surface area (Å²) in [7, 11) is 0. The molecule has 0 spiro atoms. The first-order valence-electron chi connectivity index (χ1n) is 10.2. The summed E-state index contributed by atoms with van der Waals surface area (Å²) >= 11 is 0. The van der Waals surface area contributed by atoms with Crippen molar-refractivity contribution in [2.45, 2.75) is 34.6 Å². The Morgan fingerprint density at radius 1 is 0.552 bits per heavy atom. The predicted octanol–water partition coefficient (Wildman–Crippen LogP) is 7.65. The van der Waals surface area contributed by atoms with Gasteiger partial charge in [-0.25, -0.2) is 4.99 Å². The van der Waals surface area contributed by atoms with Gasteiger partial charge in [0.05, 0.1) is 11.4 Å². The molecule has 0 heterocycles. The second-order valence-corrected chi connectivity index (χ2v) is 7.94. The zero-order chi connectivity index (χ0) is 20.5. The minimum absolute atomic E-state index is 1.09. The van der Waals surface area contributed by atoms with E-state index >= 15 is 0 Å². The first-order chi connectivity index (χ1) is 14.0. The Balaban J connectivity index is 1.98. The van der Waals surface area contributed by atoms with Crippen LogP contribution in [0.2, 0.25) is 0 Å². The molecule has 0 saturated heterocycles. The van der Waals surface area contributed by atoms with E-state index in [4.69, 9.17) is 4.99 Å². The van der Waals surface area contributed by atoms with E-state index in [0.717, 1.165) is 11.4 Å². The molecular weight excluding hydrogens is 350 g/mol. The van der Waals surface area contributed by atoms with Crippen molar-refractivity contribution in [2.24, 2.45) is 4.99 Å². The molecule has 1 aliphatic rings. The van der Waals surface area contributed by atoms with Gasteiger partial charge in [-0.05, 0) is 79.2 Å². The average Bonchev–Trinajstić information content (AvgIpc) is 2.96. The van der Waals surface area contributed by atoms with E-state index in [1.54, 1.807) is 0 Å². The fourth-order valence-corrected chi connectivity index (χ4v) is 4.45. The van der Waals surface area contributed by atoms with E-state index in [9.17, 15) is 0 Å². The second kappa shape index (κ2) is 7.67. The third-order valence-electron chi connectivity index (χ3n) is 5.69. The lowest BCUT2D eigenvalue weighted by molar-refractivity contribution is 1.28. The van der Waals surface area contributed by atoms with Crippen LogP contribution in [0.25, 0.3) is 11.1 Å². The molecule has 0 aliphatic heterocycles. The molecule has 0 radical (unpaired) electrons. The third-order valence-corrected chi connectivity index (χ3v) is 5.69. The smallest absolute Gasteiger partial charge is 0.0708 e. The highest BCUT2D eigenvalue weighted by Gasteiger charge is 2.27. The lowest BCUT2D eigenvalue weighted by atomic mass is 9.92.